The van der Waals surface area contributed by atoms with E-state index in [1.807, 2.05) is 0 Å². The molecule has 3 N–H and O–H groups in total. The molecule has 7 nitrogen and oxygen atoms in total. The molecule has 0 aliphatic carbocycles. The third-order valence-electron chi connectivity index (χ3n) is 2.44. The van der Waals surface area contributed by atoms with Gasteiger partial charge in [0.1, 0.15) is 6.26 Å². The third kappa shape index (κ3) is 2.10. The maximum absolute atomic E-state index is 11.8. The van der Waals surface area contributed by atoms with Gasteiger partial charge in [-0.2, -0.15) is 5.10 Å². The molecule has 0 bridgehead atoms. The van der Waals surface area contributed by atoms with Crippen molar-refractivity contribution in [2.24, 2.45) is 0 Å². The van der Waals surface area contributed by atoms with Gasteiger partial charge in [0, 0.05) is 6.07 Å². The van der Waals surface area contributed by atoms with E-state index in [0.29, 0.717) is 17.1 Å². The number of hydrogen-bond donors (Lipinski definition) is 3. The van der Waals surface area contributed by atoms with Gasteiger partial charge in [0.25, 0.3) is 5.91 Å². The molecule has 0 saturated heterocycles. The lowest BCUT2D eigenvalue weighted by Crippen LogP contribution is -2.12. The Morgan fingerprint density at radius 2 is 2.17 bits per heavy atom. The highest BCUT2D eigenvalue weighted by atomic mass is 16.4. The molecule has 0 radical (unpaired) electrons. The van der Waals surface area contributed by atoms with Crippen LogP contribution in [0.4, 0.5) is 5.69 Å². The number of nitrogens with one attached hydrogen (secondary N) is 2. The maximum Gasteiger partial charge on any atom is 0.338 e. The number of H-pyrrole nitrogens is 1. The SMILES string of the molecule is Cc1n[nH]c(C)c1NC(=O)c1cc(C(=O)O)co1. The first-order valence-corrected chi connectivity index (χ1v) is 5.13. The van der Waals surface area contributed by atoms with Gasteiger partial charge in [0.2, 0.25) is 0 Å². The highest BCUT2D eigenvalue weighted by molar-refractivity contribution is 6.04. The molecule has 2 rings (SSSR count). The van der Waals surface area contributed by atoms with Gasteiger partial charge in [-0.05, 0) is 13.8 Å². The number of hydrogen-bond acceptors (Lipinski definition) is 4. The van der Waals surface area contributed by atoms with Crippen LogP contribution in [0.5, 0.6) is 0 Å². The van der Waals surface area contributed by atoms with Crippen molar-refractivity contribution in [2.75, 3.05) is 5.32 Å². The number of amides is 1. The lowest BCUT2D eigenvalue weighted by molar-refractivity contribution is 0.0696. The molecule has 7 heteroatoms. The molecule has 18 heavy (non-hydrogen) atoms. The predicted octanol–water partition coefficient (Wildman–Crippen LogP) is 1.57. The van der Waals surface area contributed by atoms with Crippen LogP contribution in [0.2, 0.25) is 0 Å². The van der Waals surface area contributed by atoms with Crippen LogP contribution in [-0.2, 0) is 0 Å². The van der Waals surface area contributed by atoms with Crippen LogP contribution < -0.4 is 5.32 Å². The molecule has 2 heterocycles. The Balaban J connectivity index is 2.19. The van der Waals surface area contributed by atoms with Crippen molar-refractivity contribution in [2.45, 2.75) is 13.8 Å². The Morgan fingerprint density at radius 3 is 2.67 bits per heavy atom. The van der Waals surface area contributed by atoms with Gasteiger partial charge in [0.05, 0.1) is 22.6 Å². The summed E-state index contributed by atoms with van der Waals surface area (Å²) in [6.07, 6.45) is 1.02. The number of carbonyl (C=O) groups excluding carboxylic acids is 1. The van der Waals surface area contributed by atoms with Crippen LogP contribution in [0, 0.1) is 13.8 Å². The fraction of sp³-hybridized carbons (Fsp3) is 0.182. The number of aromatic amines is 1. The van der Waals surface area contributed by atoms with Crippen LogP contribution >= 0.6 is 0 Å². The number of carbonyl (C=O) groups is 2. The summed E-state index contributed by atoms with van der Waals surface area (Å²) in [5.41, 5.74) is 1.85. The molecule has 1 amide bonds. The fourth-order valence-corrected chi connectivity index (χ4v) is 1.48. The Kier molecular flexibility index (Phi) is 2.88. The van der Waals surface area contributed by atoms with Gasteiger partial charge in [-0.1, -0.05) is 0 Å². The second-order valence-corrected chi connectivity index (χ2v) is 3.77. The summed E-state index contributed by atoms with van der Waals surface area (Å²) < 4.78 is 4.89. The number of carboxylic acid groups (broad SMARTS) is 1. The van der Waals surface area contributed by atoms with Gasteiger partial charge in [-0.25, -0.2) is 4.79 Å². The fourth-order valence-electron chi connectivity index (χ4n) is 1.48. The van der Waals surface area contributed by atoms with Gasteiger partial charge in [-0.15, -0.1) is 0 Å². The van der Waals surface area contributed by atoms with E-state index in [1.165, 1.54) is 6.07 Å². The predicted molar refractivity (Wildman–Crippen MR) is 61.7 cm³/mol. The minimum atomic E-state index is -1.14. The van der Waals surface area contributed by atoms with E-state index in [1.54, 1.807) is 13.8 Å². The number of aromatic carboxylic acids is 1. The minimum Gasteiger partial charge on any atom is -0.478 e. The van der Waals surface area contributed by atoms with E-state index >= 15 is 0 Å². The summed E-state index contributed by atoms with van der Waals surface area (Å²) in [6, 6.07) is 1.17. The Labute approximate surface area is 102 Å². The molecular weight excluding hydrogens is 238 g/mol. The number of aromatic nitrogens is 2. The summed E-state index contributed by atoms with van der Waals surface area (Å²) in [5, 5.41) is 18.0. The van der Waals surface area contributed by atoms with Crippen LogP contribution in [0.3, 0.4) is 0 Å². The average Bonchev–Trinajstić information content (AvgIpc) is 2.91. The zero-order chi connectivity index (χ0) is 13.3. The Morgan fingerprint density at radius 1 is 1.44 bits per heavy atom. The number of carboxylic acids is 1. The summed E-state index contributed by atoms with van der Waals surface area (Å²) in [5.74, 6) is -1.73. The van der Waals surface area contributed by atoms with E-state index in [0.717, 1.165) is 6.26 Å². The Hall–Kier alpha value is -2.57. The van der Waals surface area contributed by atoms with E-state index in [4.69, 9.17) is 9.52 Å². The second-order valence-electron chi connectivity index (χ2n) is 3.77. The quantitative estimate of drug-likeness (QED) is 0.765. The van der Waals surface area contributed by atoms with Crippen molar-refractivity contribution in [3.05, 3.63) is 35.0 Å². The van der Waals surface area contributed by atoms with E-state index < -0.39 is 11.9 Å². The molecule has 0 saturated carbocycles. The summed E-state index contributed by atoms with van der Waals surface area (Å²) in [7, 11) is 0. The molecule has 0 aliphatic rings. The van der Waals surface area contributed by atoms with Crippen LogP contribution in [0.1, 0.15) is 32.3 Å². The smallest absolute Gasteiger partial charge is 0.338 e. The third-order valence-corrected chi connectivity index (χ3v) is 2.44. The monoisotopic (exact) mass is 249 g/mol. The van der Waals surface area contributed by atoms with Gasteiger partial charge < -0.3 is 14.8 Å². The Bertz CT molecular complexity index is 592. The lowest BCUT2D eigenvalue weighted by Gasteiger charge is -2.02. The first kappa shape index (κ1) is 11.9. The summed E-state index contributed by atoms with van der Waals surface area (Å²) in [4.78, 5) is 22.5. The van der Waals surface area contributed by atoms with Gasteiger partial charge in [-0.3, -0.25) is 9.89 Å². The average molecular weight is 249 g/mol. The number of nitrogens with zero attached hydrogens (tertiary/aromatic N) is 1. The van der Waals surface area contributed by atoms with Crippen molar-refractivity contribution in [3.8, 4) is 0 Å². The molecule has 94 valence electrons. The van der Waals surface area contributed by atoms with E-state index in [-0.39, 0.29) is 11.3 Å². The first-order valence-electron chi connectivity index (χ1n) is 5.13. The first-order chi connectivity index (χ1) is 8.49. The molecule has 2 aromatic rings. The topological polar surface area (TPSA) is 108 Å². The maximum atomic E-state index is 11.8. The molecule has 0 aromatic carbocycles. The van der Waals surface area contributed by atoms with Crippen LogP contribution in [0.25, 0.3) is 0 Å². The van der Waals surface area contributed by atoms with E-state index in [9.17, 15) is 9.59 Å². The van der Waals surface area contributed by atoms with Crippen molar-refractivity contribution in [1.29, 1.82) is 0 Å². The summed E-state index contributed by atoms with van der Waals surface area (Å²) >= 11 is 0. The normalized spacial score (nSPS) is 10.3. The molecule has 0 unspecified atom stereocenters. The highest BCUT2D eigenvalue weighted by Gasteiger charge is 2.17. The number of aryl methyl sites for hydroxylation is 2. The molecule has 0 atom stereocenters. The molecule has 0 spiro atoms. The minimum absolute atomic E-state index is 0.0626. The standard InChI is InChI=1S/C11H11N3O4/c1-5-9(6(2)14-13-5)12-10(15)8-3-7(4-18-8)11(16)17/h3-4H,1-2H3,(H,12,15)(H,13,14)(H,16,17). The summed E-state index contributed by atoms with van der Waals surface area (Å²) in [6.45, 7) is 3.50. The molecule has 0 fully saturated rings. The second kappa shape index (κ2) is 4.36. The molecular formula is C11H11N3O4. The number of furan rings is 1. The molecule has 2 aromatic heterocycles. The van der Waals surface area contributed by atoms with Gasteiger partial charge >= 0.3 is 5.97 Å². The van der Waals surface area contributed by atoms with Crippen molar-refractivity contribution in [1.82, 2.24) is 10.2 Å². The molecule has 0 aliphatic heterocycles. The van der Waals surface area contributed by atoms with Gasteiger partial charge in [0.15, 0.2) is 5.76 Å². The van der Waals surface area contributed by atoms with Crippen LogP contribution in [0.15, 0.2) is 16.7 Å². The van der Waals surface area contributed by atoms with Crippen molar-refractivity contribution >= 4 is 17.6 Å². The van der Waals surface area contributed by atoms with Crippen molar-refractivity contribution in [3.63, 3.8) is 0 Å². The zero-order valence-corrected chi connectivity index (χ0v) is 9.77. The number of rotatable bonds is 3. The highest BCUT2D eigenvalue weighted by Crippen LogP contribution is 2.18. The van der Waals surface area contributed by atoms with Crippen molar-refractivity contribution < 1.29 is 19.1 Å². The zero-order valence-electron chi connectivity index (χ0n) is 9.77. The van der Waals surface area contributed by atoms with Crippen LogP contribution in [-0.4, -0.2) is 27.2 Å². The van der Waals surface area contributed by atoms with E-state index in [2.05, 4.69) is 15.5 Å². The number of anilines is 1. The largest absolute Gasteiger partial charge is 0.478 e. The lowest BCUT2D eigenvalue weighted by atomic mass is 10.3.